The molecule has 1 aliphatic heterocycles. The van der Waals surface area contributed by atoms with E-state index in [9.17, 15) is 14.4 Å². The molecule has 1 fully saturated rings. The van der Waals surface area contributed by atoms with Gasteiger partial charge in [-0.25, -0.2) is 9.59 Å². The maximum absolute atomic E-state index is 12.3. The molecule has 2 amide bonds. The Morgan fingerprint density at radius 1 is 1.09 bits per heavy atom. The van der Waals surface area contributed by atoms with Crippen molar-refractivity contribution in [3.8, 4) is 11.1 Å². The van der Waals surface area contributed by atoms with Gasteiger partial charge in [-0.05, 0) is 34.6 Å². The highest BCUT2D eigenvalue weighted by Crippen LogP contribution is 2.44. The molecule has 0 bridgehead atoms. The maximum Gasteiger partial charge on any atom is 0.407 e. The predicted octanol–water partition coefficient (Wildman–Crippen LogP) is 2.91. The highest BCUT2D eigenvalue weighted by molar-refractivity contribution is 5.80. The molecule has 2 aromatic rings. The largest absolute Gasteiger partial charge is 0.479 e. The monoisotopic (exact) mass is 452 g/mol. The van der Waals surface area contributed by atoms with E-state index in [0.717, 1.165) is 11.1 Å². The van der Waals surface area contributed by atoms with E-state index in [1.165, 1.54) is 11.1 Å². The molecule has 1 unspecified atom stereocenters. The summed E-state index contributed by atoms with van der Waals surface area (Å²) in [6, 6.07) is 15.7. The van der Waals surface area contributed by atoms with Gasteiger partial charge in [0.1, 0.15) is 6.61 Å². The standard InChI is InChI=1S/C25H28N2O6/c1-15(12-22(28)27-21-10-11-32-23(21)24(29)30)13-26-25(31)33-14-20-18-8-4-2-6-16(18)17-7-3-5-9-19(17)20/h2-9,15,20-21,23H,10-14H2,1H3,(H,26,31)(H,27,28)(H,29,30)/t15?,21-,23+/m1/s1. The van der Waals surface area contributed by atoms with Crippen molar-refractivity contribution in [3.63, 3.8) is 0 Å². The van der Waals surface area contributed by atoms with Crippen LogP contribution in [0.4, 0.5) is 4.79 Å². The summed E-state index contributed by atoms with van der Waals surface area (Å²) in [4.78, 5) is 35.7. The summed E-state index contributed by atoms with van der Waals surface area (Å²) in [5, 5.41) is 14.6. The summed E-state index contributed by atoms with van der Waals surface area (Å²) in [5.74, 6) is -1.50. The first kappa shape index (κ1) is 22.8. The van der Waals surface area contributed by atoms with Gasteiger partial charge in [0.05, 0.1) is 6.04 Å². The first-order valence-corrected chi connectivity index (χ1v) is 11.2. The number of carboxylic acid groups (broad SMARTS) is 1. The molecule has 0 saturated carbocycles. The van der Waals surface area contributed by atoms with Crippen LogP contribution in [0.5, 0.6) is 0 Å². The molecule has 0 aromatic heterocycles. The normalized spacial score (nSPS) is 19.9. The topological polar surface area (TPSA) is 114 Å². The summed E-state index contributed by atoms with van der Waals surface area (Å²) >= 11 is 0. The average molecular weight is 453 g/mol. The van der Waals surface area contributed by atoms with Gasteiger partial charge in [0, 0.05) is 25.5 Å². The third-order valence-corrected chi connectivity index (χ3v) is 6.15. The second-order valence-electron chi connectivity index (χ2n) is 8.61. The minimum absolute atomic E-state index is 0.0119. The molecule has 3 atom stereocenters. The molecule has 1 heterocycles. The lowest BCUT2D eigenvalue weighted by atomic mass is 9.98. The SMILES string of the molecule is CC(CNC(=O)OCC1c2ccccc2-c2ccccc21)CC(=O)N[C@@H]1CCO[C@@H]1C(=O)O. The van der Waals surface area contributed by atoms with E-state index in [0.29, 0.717) is 13.0 Å². The van der Waals surface area contributed by atoms with Crippen LogP contribution in [0.3, 0.4) is 0 Å². The lowest BCUT2D eigenvalue weighted by Gasteiger charge is -2.18. The third kappa shape index (κ3) is 5.17. The molecule has 0 spiro atoms. The van der Waals surface area contributed by atoms with Crippen molar-refractivity contribution in [3.05, 3.63) is 59.7 Å². The molecule has 2 aromatic carbocycles. The number of amides is 2. The van der Waals surface area contributed by atoms with Crippen molar-refractivity contribution < 1.29 is 29.0 Å². The van der Waals surface area contributed by atoms with Crippen LogP contribution in [0.25, 0.3) is 11.1 Å². The summed E-state index contributed by atoms with van der Waals surface area (Å²) in [7, 11) is 0. The van der Waals surface area contributed by atoms with Gasteiger partial charge in [-0.15, -0.1) is 0 Å². The molecular weight excluding hydrogens is 424 g/mol. The Bertz CT molecular complexity index is 994. The number of rotatable bonds is 8. The van der Waals surface area contributed by atoms with Crippen LogP contribution >= 0.6 is 0 Å². The summed E-state index contributed by atoms with van der Waals surface area (Å²) in [6.07, 6.45) is -0.913. The number of carbonyl (C=O) groups is 3. The van der Waals surface area contributed by atoms with E-state index in [4.69, 9.17) is 14.6 Å². The molecule has 8 nitrogen and oxygen atoms in total. The van der Waals surface area contributed by atoms with Crippen molar-refractivity contribution in [2.24, 2.45) is 5.92 Å². The highest BCUT2D eigenvalue weighted by atomic mass is 16.5. The lowest BCUT2D eigenvalue weighted by Crippen LogP contribution is -2.44. The molecule has 8 heteroatoms. The van der Waals surface area contributed by atoms with E-state index in [-0.39, 0.29) is 37.3 Å². The summed E-state index contributed by atoms with van der Waals surface area (Å²) < 4.78 is 10.6. The number of nitrogens with one attached hydrogen (secondary N) is 2. The van der Waals surface area contributed by atoms with Gasteiger partial charge >= 0.3 is 12.1 Å². The second-order valence-corrected chi connectivity index (χ2v) is 8.61. The van der Waals surface area contributed by atoms with Gasteiger partial charge in [0.25, 0.3) is 0 Å². The van der Waals surface area contributed by atoms with E-state index in [1.807, 2.05) is 31.2 Å². The molecule has 33 heavy (non-hydrogen) atoms. The minimum atomic E-state index is -1.08. The van der Waals surface area contributed by atoms with Crippen molar-refractivity contribution in [2.75, 3.05) is 19.8 Å². The van der Waals surface area contributed by atoms with Crippen LogP contribution < -0.4 is 10.6 Å². The zero-order valence-corrected chi connectivity index (χ0v) is 18.5. The van der Waals surface area contributed by atoms with Gasteiger partial charge in [-0.1, -0.05) is 55.5 Å². The number of aliphatic carboxylic acids is 1. The lowest BCUT2D eigenvalue weighted by molar-refractivity contribution is -0.148. The minimum Gasteiger partial charge on any atom is -0.479 e. The second kappa shape index (κ2) is 10.0. The smallest absolute Gasteiger partial charge is 0.407 e. The Hall–Kier alpha value is -3.39. The highest BCUT2D eigenvalue weighted by Gasteiger charge is 2.35. The number of alkyl carbamates (subject to hydrolysis) is 1. The van der Waals surface area contributed by atoms with E-state index >= 15 is 0 Å². The molecule has 174 valence electrons. The maximum atomic E-state index is 12.3. The molecule has 1 aliphatic carbocycles. The average Bonchev–Trinajstić information content (AvgIpc) is 3.39. The van der Waals surface area contributed by atoms with Crippen LogP contribution in [0.1, 0.15) is 36.8 Å². The van der Waals surface area contributed by atoms with Crippen LogP contribution in [0.2, 0.25) is 0 Å². The fraction of sp³-hybridized carbons (Fsp3) is 0.400. The first-order chi connectivity index (χ1) is 15.9. The molecule has 3 N–H and O–H groups in total. The van der Waals surface area contributed by atoms with E-state index < -0.39 is 24.2 Å². The Morgan fingerprint density at radius 3 is 2.36 bits per heavy atom. The number of carboxylic acids is 1. The van der Waals surface area contributed by atoms with Gasteiger partial charge in [0.2, 0.25) is 5.91 Å². The summed E-state index contributed by atoms with van der Waals surface area (Å²) in [6.45, 7) is 2.64. The number of carbonyl (C=O) groups excluding carboxylic acids is 2. The van der Waals surface area contributed by atoms with Crippen LogP contribution in [-0.2, 0) is 19.1 Å². The van der Waals surface area contributed by atoms with Gasteiger partial charge < -0.3 is 25.2 Å². The van der Waals surface area contributed by atoms with Crippen molar-refractivity contribution >= 4 is 18.0 Å². The number of benzene rings is 2. The van der Waals surface area contributed by atoms with Crippen LogP contribution in [0, 0.1) is 5.92 Å². The van der Waals surface area contributed by atoms with Crippen molar-refractivity contribution in [1.82, 2.24) is 10.6 Å². The van der Waals surface area contributed by atoms with E-state index in [1.54, 1.807) is 0 Å². The van der Waals surface area contributed by atoms with Gasteiger partial charge in [-0.2, -0.15) is 0 Å². The molecule has 4 rings (SSSR count). The Balaban J connectivity index is 1.23. The van der Waals surface area contributed by atoms with Crippen LogP contribution in [0.15, 0.2) is 48.5 Å². The number of fused-ring (bicyclic) bond motifs is 3. The Labute approximate surface area is 192 Å². The predicted molar refractivity (Wildman–Crippen MR) is 121 cm³/mol. The van der Waals surface area contributed by atoms with E-state index in [2.05, 4.69) is 34.9 Å². The van der Waals surface area contributed by atoms with Gasteiger partial charge in [0.15, 0.2) is 6.10 Å². The fourth-order valence-electron chi connectivity index (χ4n) is 4.54. The van der Waals surface area contributed by atoms with Crippen molar-refractivity contribution in [2.45, 2.75) is 37.8 Å². The quantitative estimate of drug-likeness (QED) is 0.568. The Kier molecular flexibility index (Phi) is 6.93. The molecule has 1 saturated heterocycles. The summed E-state index contributed by atoms with van der Waals surface area (Å²) in [5.41, 5.74) is 4.62. The van der Waals surface area contributed by atoms with Crippen molar-refractivity contribution in [1.29, 1.82) is 0 Å². The zero-order chi connectivity index (χ0) is 23.4. The number of ether oxygens (including phenoxy) is 2. The van der Waals surface area contributed by atoms with Gasteiger partial charge in [-0.3, -0.25) is 4.79 Å². The fourth-order valence-corrected chi connectivity index (χ4v) is 4.54. The number of hydrogen-bond donors (Lipinski definition) is 3. The Morgan fingerprint density at radius 2 is 1.73 bits per heavy atom. The molecule has 0 radical (unpaired) electrons. The molecular formula is C25H28N2O6. The number of hydrogen-bond acceptors (Lipinski definition) is 5. The zero-order valence-electron chi connectivity index (χ0n) is 18.5. The first-order valence-electron chi connectivity index (χ1n) is 11.2. The molecule has 2 aliphatic rings. The van der Waals surface area contributed by atoms with Crippen LogP contribution in [-0.4, -0.2) is 55.0 Å². The third-order valence-electron chi connectivity index (χ3n) is 6.15.